The van der Waals surface area contributed by atoms with Gasteiger partial charge in [0, 0.05) is 35.6 Å². The number of nitrogens with zero attached hydrogens (tertiary/aromatic N) is 1. The largest absolute Gasteiger partial charge is 0.333 e. The molecule has 0 aliphatic heterocycles. The van der Waals surface area contributed by atoms with Crippen molar-refractivity contribution >= 4 is 56.2 Å². The molecule has 35 heavy (non-hydrogen) atoms. The van der Waals surface area contributed by atoms with Crippen molar-refractivity contribution in [3.05, 3.63) is 77.9 Å². The molecule has 0 bridgehead atoms. The number of rotatable bonds is 10. The molecule has 0 aliphatic carbocycles. The normalized spacial score (nSPS) is 11.6. The molecule has 0 saturated carbocycles. The van der Waals surface area contributed by atoms with E-state index in [2.05, 4.69) is 39.1 Å². The highest BCUT2D eigenvalue weighted by atomic mass is 32.2. The van der Waals surface area contributed by atoms with Crippen LogP contribution in [0.4, 0.5) is 5.69 Å². The predicted octanol–water partition coefficient (Wildman–Crippen LogP) is 5.19. The van der Waals surface area contributed by atoms with Crippen LogP contribution in [0.5, 0.6) is 0 Å². The number of nitrogens with one attached hydrogen (secondary N) is 3. The monoisotopic (exact) mass is 526 g/mol. The van der Waals surface area contributed by atoms with Crippen LogP contribution in [-0.4, -0.2) is 36.6 Å². The lowest BCUT2D eigenvalue weighted by molar-refractivity contribution is -0.114. The van der Waals surface area contributed by atoms with Crippen LogP contribution in [0.3, 0.4) is 0 Å². The Balaban J connectivity index is 1.30. The van der Waals surface area contributed by atoms with Crippen LogP contribution in [0.15, 0.2) is 81.7 Å². The van der Waals surface area contributed by atoms with Crippen LogP contribution in [0.2, 0.25) is 0 Å². The fourth-order valence-corrected chi connectivity index (χ4v) is 6.51. The minimum Gasteiger partial charge on any atom is -0.333 e. The Morgan fingerprint density at radius 3 is 2.51 bits per heavy atom. The number of fused-ring (bicyclic) bond motifs is 1. The van der Waals surface area contributed by atoms with Crippen molar-refractivity contribution in [1.29, 1.82) is 0 Å². The quantitative estimate of drug-likeness (QED) is 0.194. The molecular formula is C25H26N4O3S3. The highest BCUT2D eigenvalue weighted by Crippen LogP contribution is 2.29. The molecule has 4 rings (SSSR count). The van der Waals surface area contributed by atoms with Gasteiger partial charge in [0.25, 0.3) is 0 Å². The number of aromatic amines is 1. The van der Waals surface area contributed by atoms with E-state index in [4.69, 9.17) is 0 Å². The number of amides is 1. The van der Waals surface area contributed by atoms with Gasteiger partial charge in [0.15, 0.2) is 5.16 Å². The molecule has 4 aromatic rings. The van der Waals surface area contributed by atoms with Crippen molar-refractivity contribution in [2.24, 2.45) is 0 Å². The summed E-state index contributed by atoms with van der Waals surface area (Å²) in [6.07, 6.45) is 0. The van der Waals surface area contributed by atoms with E-state index < -0.39 is 10.0 Å². The Bertz CT molecular complexity index is 1400. The second-order valence-corrected chi connectivity index (χ2v) is 11.7. The van der Waals surface area contributed by atoms with E-state index in [1.807, 2.05) is 30.3 Å². The highest BCUT2D eigenvalue weighted by molar-refractivity contribution is 7.99. The number of para-hydroxylation sites is 2. The first kappa shape index (κ1) is 25.3. The van der Waals surface area contributed by atoms with Crippen molar-refractivity contribution in [3.63, 3.8) is 0 Å². The molecule has 0 atom stereocenters. The smallest absolute Gasteiger partial charge is 0.240 e. The van der Waals surface area contributed by atoms with Gasteiger partial charge in [-0.2, -0.15) is 0 Å². The molecule has 3 aromatic carbocycles. The van der Waals surface area contributed by atoms with Crippen LogP contribution < -0.4 is 10.0 Å². The van der Waals surface area contributed by atoms with E-state index in [0.29, 0.717) is 18.0 Å². The van der Waals surface area contributed by atoms with Crippen LogP contribution in [0.25, 0.3) is 11.0 Å². The number of sulfonamides is 1. The van der Waals surface area contributed by atoms with E-state index in [1.165, 1.54) is 30.2 Å². The molecule has 3 N–H and O–H groups in total. The third-order valence-corrected chi connectivity index (χ3v) is 8.83. The minimum atomic E-state index is -3.62. The molecule has 0 radical (unpaired) electrons. The number of aromatic nitrogens is 2. The maximum absolute atomic E-state index is 12.6. The highest BCUT2D eigenvalue weighted by Gasteiger charge is 2.14. The van der Waals surface area contributed by atoms with Gasteiger partial charge in [-0.1, -0.05) is 36.0 Å². The third kappa shape index (κ3) is 6.66. The zero-order valence-corrected chi connectivity index (χ0v) is 21.8. The average Bonchev–Trinajstić information content (AvgIpc) is 3.25. The molecule has 0 unspecified atom stereocenters. The second kappa shape index (κ2) is 11.3. The van der Waals surface area contributed by atoms with E-state index in [0.717, 1.165) is 26.8 Å². The molecule has 1 amide bonds. The van der Waals surface area contributed by atoms with E-state index in [1.54, 1.807) is 35.7 Å². The number of anilines is 1. The number of hydrogen-bond acceptors (Lipinski definition) is 6. The standard InChI is InChI=1S/C25H26N4O3S3/c1-17-19(16-34-25-28-22-7-3-4-8-23(22)29-25)6-5-9-24(17)33-15-14-26-35(31,32)21-12-10-20(11-13-21)27-18(2)30/h3-13,26H,14-16H2,1-2H3,(H,27,30)(H,28,29). The van der Waals surface area contributed by atoms with Crippen molar-refractivity contribution in [3.8, 4) is 0 Å². The van der Waals surface area contributed by atoms with Crippen LogP contribution >= 0.6 is 23.5 Å². The molecule has 0 saturated heterocycles. The van der Waals surface area contributed by atoms with E-state index in [9.17, 15) is 13.2 Å². The fourth-order valence-electron chi connectivity index (χ4n) is 3.46. The van der Waals surface area contributed by atoms with Gasteiger partial charge in [-0.15, -0.1) is 11.8 Å². The average molecular weight is 527 g/mol. The lowest BCUT2D eigenvalue weighted by atomic mass is 10.1. The maximum Gasteiger partial charge on any atom is 0.240 e. The number of thioether (sulfide) groups is 2. The third-order valence-electron chi connectivity index (χ3n) is 5.27. The molecule has 0 spiro atoms. The zero-order valence-electron chi connectivity index (χ0n) is 19.4. The van der Waals surface area contributed by atoms with Gasteiger partial charge in [0.05, 0.1) is 15.9 Å². The van der Waals surface area contributed by atoms with Gasteiger partial charge >= 0.3 is 0 Å². The van der Waals surface area contributed by atoms with Crippen molar-refractivity contribution in [2.75, 3.05) is 17.6 Å². The summed E-state index contributed by atoms with van der Waals surface area (Å²) < 4.78 is 27.8. The number of benzene rings is 3. The Morgan fingerprint density at radius 2 is 1.77 bits per heavy atom. The number of H-pyrrole nitrogens is 1. The van der Waals surface area contributed by atoms with E-state index in [-0.39, 0.29) is 10.8 Å². The first-order chi connectivity index (χ1) is 16.8. The molecule has 1 aromatic heterocycles. The number of imidazole rings is 1. The van der Waals surface area contributed by atoms with Gasteiger partial charge in [-0.3, -0.25) is 4.79 Å². The van der Waals surface area contributed by atoms with Crippen molar-refractivity contribution in [1.82, 2.24) is 14.7 Å². The van der Waals surface area contributed by atoms with Crippen LogP contribution in [0, 0.1) is 6.92 Å². The lowest BCUT2D eigenvalue weighted by Gasteiger charge is -2.11. The first-order valence-electron chi connectivity index (χ1n) is 11.0. The Hall–Kier alpha value is -2.79. The predicted molar refractivity (Wildman–Crippen MR) is 143 cm³/mol. The molecule has 7 nitrogen and oxygen atoms in total. The summed E-state index contributed by atoms with van der Waals surface area (Å²) in [5.74, 6) is 1.19. The lowest BCUT2D eigenvalue weighted by Crippen LogP contribution is -2.26. The number of carbonyl (C=O) groups is 1. The molecular weight excluding hydrogens is 501 g/mol. The summed E-state index contributed by atoms with van der Waals surface area (Å²) in [5, 5.41) is 3.52. The van der Waals surface area contributed by atoms with Crippen molar-refractivity contribution in [2.45, 2.75) is 34.5 Å². The number of hydrogen-bond donors (Lipinski definition) is 3. The van der Waals surface area contributed by atoms with E-state index >= 15 is 0 Å². The summed E-state index contributed by atoms with van der Waals surface area (Å²) in [4.78, 5) is 20.4. The molecule has 0 fully saturated rings. The van der Waals surface area contributed by atoms with Crippen LogP contribution in [0.1, 0.15) is 18.1 Å². The summed E-state index contributed by atoms with van der Waals surface area (Å²) in [7, 11) is -3.62. The topological polar surface area (TPSA) is 104 Å². The van der Waals surface area contributed by atoms with Gasteiger partial charge in [-0.25, -0.2) is 18.1 Å². The summed E-state index contributed by atoms with van der Waals surface area (Å²) in [5.41, 5.74) is 4.96. The molecule has 1 heterocycles. The Morgan fingerprint density at radius 1 is 1.00 bits per heavy atom. The number of carbonyl (C=O) groups excluding carboxylic acids is 1. The van der Waals surface area contributed by atoms with Gasteiger partial charge in [0.1, 0.15) is 0 Å². The van der Waals surface area contributed by atoms with Gasteiger partial charge in [-0.05, 0) is 60.5 Å². The Kier molecular flexibility index (Phi) is 8.17. The fraction of sp³-hybridized carbons (Fsp3) is 0.200. The molecule has 10 heteroatoms. The minimum absolute atomic E-state index is 0.164. The second-order valence-electron chi connectivity index (χ2n) is 7.84. The molecule has 0 aliphatic rings. The maximum atomic E-state index is 12.6. The van der Waals surface area contributed by atoms with Gasteiger partial charge in [0.2, 0.25) is 15.9 Å². The molecule has 182 valence electrons. The summed E-state index contributed by atoms with van der Waals surface area (Å²) in [6, 6.07) is 20.3. The first-order valence-corrected chi connectivity index (χ1v) is 14.4. The Labute approximate surface area is 213 Å². The van der Waals surface area contributed by atoms with Crippen LogP contribution in [-0.2, 0) is 20.6 Å². The summed E-state index contributed by atoms with van der Waals surface area (Å²) in [6.45, 7) is 3.80. The SMILES string of the molecule is CC(=O)Nc1ccc(S(=O)(=O)NCCSc2cccc(CSc3nc4ccccc4[nH]3)c2C)cc1. The zero-order chi connectivity index (χ0) is 24.8. The van der Waals surface area contributed by atoms with Gasteiger partial charge < -0.3 is 10.3 Å². The summed E-state index contributed by atoms with van der Waals surface area (Å²) >= 11 is 3.29. The van der Waals surface area contributed by atoms with Crippen molar-refractivity contribution < 1.29 is 13.2 Å².